The molecule has 0 saturated carbocycles. The average Bonchev–Trinajstić information content (AvgIpc) is 3.46. The largest absolute Gasteiger partial charge is 0.366 e. The summed E-state index contributed by atoms with van der Waals surface area (Å²) in [7, 11) is 0. The van der Waals surface area contributed by atoms with Gasteiger partial charge in [0.05, 0.1) is 25.5 Å². The van der Waals surface area contributed by atoms with E-state index >= 15 is 0 Å². The SMILES string of the molecule is CC1(C)O[C@H]2O[C@H]([C@H]3COC(C)(C)O3)[C@H](OCc3nnn4c3-c3ccccc3C4)[C@H]2O1. The lowest BCUT2D eigenvalue weighted by Crippen LogP contribution is -2.44. The summed E-state index contributed by atoms with van der Waals surface area (Å²) >= 11 is 0. The van der Waals surface area contributed by atoms with Gasteiger partial charge in [-0.2, -0.15) is 0 Å². The summed E-state index contributed by atoms with van der Waals surface area (Å²) in [6, 6.07) is 8.29. The van der Waals surface area contributed by atoms with Crippen molar-refractivity contribution in [2.24, 2.45) is 0 Å². The number of benzene rings is 1. The van der Waals surface area contributed by atoms with Gasteiger partial charge in [-0.25, -0.2) is 4.68 Å². The molecule has 9 nitrogen and oxygen atoms in total. The first-order chi connectivity index (χ1) is 14.8. The highest BCUT2D eigenvalue weighted by Crippen LogP contribution is 2.42. The second kappa shape index (κ2) is 6.81. The van der Waals surface area contributed by atoms with Gasteiger partial charge in [0.25, 0.3) is 0 Å². The smallest absolute Gasteiger partial charge is 0.190 e. The van der Waals surface area contributed by atoms with Crippen molar-refractivity contribution >= 4 is 0 Å². The Labute approximate surface area is 180 Å². The highest BCUT2D eigenvalue weighted by Gasteiger charge is 2.59. The Kier molecular flexibility index (Phi) is 4.34. The molecule has 9 heteroatoms. The lowest BCUT2D eigenvalue weighted by atomic mass is 10.1. The van der Waals surface area contributed by atoms with Crippen molar-refractivity contribution in [2.75, 3.05) is 6.61 Å². The lowest BCUT2D eigenvalue weighted by molar-refractivity contribution is -0.236. The fourth-order valence-electron chi connectivity index (χ4n) is 4.95. The molecule has 1 aromatic carbocycles. The standard InChI is InChI=1S/C22H27N3O6/c1-21(2)27-11-15(29-21)17-18(19-20(28-17)31-22(3,4)30-19)26-10-14-16-13-8-6-5-7-12(13)9-25(16)24-23-14/h5-8,15,17-20H,9-11H2,1-4H3/t15-,17-,18+,19-,20-/m1/s1. The maximum absolute atomic E-state index is 6.41. The van der Waals surface area contributed by atoms with E-state index in [1.165, 1.54) is 5.56 Å². The van der Waals surface area contributed by atoms with Crippen LogP contribution >= 0.6 is 0 Å². The summed E-state index contributed by atoms with van der Waals surface area (Å²) in [5.41, 5.74) is 4.20. The van der Waals surface area contributed by atoms with Gasteiger partial charge in [0, 0.05) is 5.56 Å². The number of hydrogen-bond acceptors (Lipinski definition) is 8. The Morgan fingerprint density at radius 3 is 2.71 bits per heavy atom. The Morgan fingerprint density at radius 1 is 1.06 bits per heavy atom. The molecular weight excluding hydrogens is 402 g/mol. The fourth-order valence-corrected chi connectivity index (χ4v) is 4.95. The second-order valence-corrected chi connectivity index (χ2v) is 9.41. The van der Waals surface area contributed by atoms with Crippen molar-refractivity contribution in [3.8, 4) is 11.3 Å². The van der Waals surface area contributed by atoms with Crippen molar-refractivity contribution in [1.82, 2.24) is 15.0 Å². The van der Waals surface area contributed by atoms with Crippen molar-refractivity contribution in [3.63, 3.8) is 0 Å². The van der Waals surface area contributed by atoms with Crippen molar-refractivity contribution in [3.05, 3.63) is 35.5 Å². The van der Waals surface area contributed by atoms with Gasteiger partial charge in [-0.05, 0) is 33.3 Å². The van der Waals surface area contributed by atoms with Crippen LogP contribution in [0.3, 0.4) is 0 Å². The number of ether oxygens (including phenoxy) is 6. The molecule has 4 aliphatic rings. The molecule has 0 N–H and O–H groups in total. The van der Waals surface area contributed by atoms with Crippen molar-refractivity contribution in [1.29, 1.82) is 0 Å². The van der Waals surface area contributed by atoms with Gasteiger partial charge in [-0.1, -0.05) is 29.5 Å². The molecule has 166 valence electrons. The molecule has 0 bridgehead atoms. The predicted molar refractivity (Wildman–Crippen MR) is 107 cm³/mol. The van der Waals surface area contributed by atoms with Crippen LogP contribution in [-0.2, 0) is 41.6 Å². The van der Waals surface area contributed by atoms with E-state index in [1.54, 1.807) is 0 Å². The van der Waals surface area contributed by atoms with E-state index in [-0.39, 0.29) is 31.0 Å². The Hall–Kier alpha value is -1.88. The molecule has 0 spiro atoms. The van der Waals surface area contributed by atoms with Crippen LogP contribution in [0.15, 0.2) is 24.3 Å². The molecule has 1 aromatic heterocycles. The van der Waals surface area contributed by atoms with Gasteiger partial charge in [0.15, 0.2) is 17.9 Å². The Bertz CT molecular complexity index is 1000. The summed E-state index contributed by atoms with van der Waals surface area (Å²) in [6.45, 7) is 8.99. The first-order valence-electron chi connectivity index (χ1n) is 10.7. The van der Waals surface area contributed by atoms with Crippen LogP contribution < -0.4 is 0 Å². The van der Waals surface area contributed by atoms with Crippen LogP contribution in [0.25, 0.3) is 11.3 Å². The second-order valence-electron chi connectivity index (χ2n) is 9.41. The van der Waals surface area contributed by atoms with Crippen LogP contribution in [0.2, 0.25) is 0 Å². The molecule has 31 heavy (non-hydrogen) atoms. The molecule has 4 aliphatic heterocycles. The van der Waals surface area contributed by atoms with Gasteiger partial charge >= 0.3 is 0 Å². The fraction of sp³-hybridized carbons (Fsp3) is 0.636. The van der Waals surface area contributed by atoms with Crippen molar-refractivity contribution in [2.45, 2.75) is 83.1 Å². The number of hydrogen-bond donors (Lipinski definition) is 0. The van der Waals surface area contributed by atoms with Gasteiger partial charge < -0.3 is 28.4 Å². The van der Waals surface area contributed by atoms with E-state index in [9.17, 15) is 0 Å². The third-order valence-corrected chi connectivity index (χ3v) is 6.23. The van der Waals surface area contributed by atoms with Crippen LogP contribution in [0, 0.1) is 0 Å². The molecule has 6 rings (SSSR count). The third kappa shape index (κ3) is 3.31. The predicted octanol–water partition coefficient (Wildman–Crippen LogP) is 2.22. The third-order valence-electron chi connectivity index (χ3n) is 6.23. The molecular formula is C22H27N3O6. The molecule has 5 heterocycles. The summed E-state index contributed by atoms with van der Waals surface area (Å²) < 4.78 is 38.5. The maximum Gasteiger partial charge on any atom is 0.190 e. The van der Waals surface area contributed by atoms with Crippen LogP contribution in [-0.4, -0.2) is 63.9 Å². The zero-order valence-electron chi connectivity index (χ0n) is 18.1. The van der Waals surface area contributed by atoms with E-state index in [4.69, 9.17) is 28.4 Å². The molecule has 3 fully saturated rings. The zero-order chi connectivity index (χ0) is 21.4. The quantitative estimate of drug-likeness (QED) is 0.624. The maximum atomic E-state index is 6.41. The van der Waals surface area contributed by atoms with E-state index in [2.05, 4.69) is 22.4 Å². The van der Waals surface area contributed by atoms with Crippen LogP contribution in [0.5, 0.6) is 0 Å². The summed E-state index contributed by atoms with van der Waals surface area (Å²) in [5, 5.41) is 8.69. The topological polar surface area (TPSA) is 86.1 Å². The molecule has 3 saturated heterocycles. The van der Waals surface area contributed by atoms with Crippen molar-refractivity contribution < 1.29 is 28.4 Å². The van der Waals surface area contributed by atoms with Crippen LogP contribution in [0.4, 0.5) is 0 Å². The molecule has 0 amide bonds. The number of aromatic nitrogens is 3. The summed E-state index contributed by atoms with van der Waals surface area (Å²) in [5.74, 6) is -1.39. The minimum Gasteiger partial charge on any atom is -0.366 e. The van der Waals surface area contributed by atoms with Crippen LogP contribution in [0.1, 0.15) is 39.0 Å². The van der Waals surface area contributed by atoms with E-state index in [0.29, 0.717) is 6.61 Å². The molecule has 0 unspecified atom stereocenters. The number of rotatable bonds is 4. The Morgan fingerprint density at radius 2 is 1.90 bits per heavy atom. The molecule has 0 radical (unpaired) electrons. The normalized spacial score (nSPS) is 34.6. The highest BCUT2D eigenvalue weighted by atomic mass is 16.8. The van der Waals surface area contributed by atoms with E-state index < -0.39 is 17.9 Å². The average molecular weight is 429 g/mol. The van der Waals surface area contributed by atoms with Gasteiger partial charge in [-0.3, -0.25) is 0 Å². The minimum atomic E-state index is -0.732. The first-order valence-corrected chi connectivity index (χ1v) is 10.7. The van der Waals surface area contributed by atoms with Gasteiger partial charge in [0.1, 0.15) is 30.1 Å². The number of nitrogens with zero attached hydrogens (tertiary/aromatic N) is 3. The monoisotopic (exact) mass is 429 g/mol. The lowest BCUT2D eigenvalue weighted by Gasteiger charge is -2.29. The number of fused-ring (bicyclic) bond motifs is 4. The summed E-state index contributed by atoms with van der Waals surface area (Å²) in [4.78, 5) is 0. The molecule has 2 aromatic rings. The molecule has 5 atom stereocenters. The Balaban J connectivity index is 1.25. The highest BCUT2D eigenvalue weighted by molar-refractivity contribution is 5.69. The van der Waals surface area contributed by atoms with Gasteiger partial charge in [-0.15, -0.1) is 5.10 Å². The summed E-state index contributed by atoms with van der Waals surface area (Å²) in [6.07, 6.45) is -1.90. The van der Waals surface area contributed by atoms with E-state index in [0.717, 1.165) is 23.5 Å². The molecule has 0 aliphatic carbocycles. The minimum absolute atomic E-state index is 0.271. The zero-order valence-corrected chi connectivity index (χ0v) is 18.1. The van der Waals surface area contributed by atoms with Gasteiger partial charge in [0.2, 0.25) is 0 Å². The first kappa shape index (κ1) is 19.8. The van der Waals surface area contributed by atoms with E-state index in [1.807, 2.05) is 44.5 Å².